The minimum Gasteiger partial charge on any atom is -0.480 e. The number of carbonyl (C=O) groups is 2. The van der Waals surface area contributed by atoms with Crippen molar-refractivity contribution in [1.29, 1.82) is 0 Å². The Hall–Kier alpha value is -1.88. The van der Waals surface area contributed by atoms with Crippen LogP contribution in [0, 0.1) is 0 Å². The van der Waals surface area contributed by atoms with Crippen LogP contribution < -0.4 is 10.6 Å². The fourth-order valence-electron chi connectivity index (χ4n) is 2.02. The Morgan fingerprint density at radius 1 is 1.19 bits per heavy atom. The van der Waals surface area contributed by atoms with Gasteiger partial charge in [0.1, 0.15) is 6.04 Å². The number of carboxylic acid groups (broad SMARTS) is 1. The lowest BCUT2D eigenvalue weighted by molar-refractivity contribution is -0.140. The molecular weight excluding hydrogens is 268 g/mol. The third-order valence-corrected chi connectivity index (χ3v) is 3.27. The predicted molar refractivity (Wildman–Crippen MR) is 82.0 cm³/mol. The summed E-state index contributed by atoms with van der Waals surface area (Å²) in [4.78, 5) is 23.3. The molecule has 2 unspecified atom stereocenters. The van der Waals surface area contributed by atoms with Gasteiger partial charge in [0.2, 0.25) is 5.91 Å². The van der Waals surface area contributed by atoms with Gasteiger partial charge < -0.3 is 10.4 Å². The number of carbonyl (C=O) groups excluding carboxylic acids is 1. The van der Waals surface area contributed by atoms with Gasteiger partial charge in [0.05, 0.1) is 6.04 Å². The van der Waals surface area contributed by atoms with Crippen LogP contribution in [0.3, 0.4) is 0 Å². The van der Waals surface area contributed by atoms with E-state index in [1.54, 1.807) is 31.2 Å². The van der Waals surface area contributed by atoms with Crippen LogP contribution in [0.5, 0.6) is 0 Å². The van der Waals surface area contributed by atoms with Crippen molar-refractivity contribution in [2.75, 3.05) is 6.54 Å². The lowest BCUT2D eigenvalue weighted by atomic mass is 10.1. The highest BCUT2D eigenvalue weighted by Gasteiger charge is 2.24. The quantitative estimate of drug-likeness (QED) is 0.609. The summed E-state index contributed by atoms with van der Waals surface area (Å²) in [5, 5.41) is 15.0. The second-order valence-electron chi connectivity index (χ2n) is 5.07. The van der Waals surface area contributed by atoms with Gasteiger partial charge in [-0.15, -0.1) is 0 Å². The van der Waals surface area contributed by atoms with Crippen molar-refractivity contribution in [3.05, 3.63) is 35.9 Å². The first-order chi connectivity index (χ1) is 10.1. The van der Waals surface area contributed by atoms with Gasteiger partial charge in [0.15, 0.2) is 0 Å². The maximum Gasteiger partial charge on any atom is 0.325 e. The summed E-state index contributed by atoms with van der Waals surface area (Å²) >= 11 is 0. The number of benzene rings is 1. The molecule has 0 radical (unpaired) electrons. The van der Waals surface area contributed by atoms with E-state index in [0.29, 0.717) is 12.1 Å². The van der Waals surface area contributed by atoms with Crippen LogP contribution in [0.2, 0.25) is 0 Å². The van der Waals surface area contributed by atoms with Crippen molar-refractivity contribution in [3.63, 3.8) is 0 Å². The standard InChI is InChI=1S/C16H24N2O3/c1-3-4-8-11-17-15(19)12(2)18-14(16(20)21)13-9-6-5-7-10-13/h5-7,9-10,12,14,18H,3-4,8,11H2,1-2H3,(H,17,19)(H,20,21). The maximum atomic E-state index is 11.9. The summed E-state index contributed by atoms with van der Waals surface area (Å²) in [5.41, 5.74) is 0.635. The molecule has 0 saturated carbocycles. The largest absolute Gasteiger partial charge is 0.480 e. The summed E-state index contributed by atoms with van der Waals surface area (Å²) in [6.07, 6.45) is 3.11. The van der Waals surface area contributed by atoms with Crippen molar-refractivity contribution in [3.8, 4) is 0 Å². The van der Waals surface area contributed by atoms with Gasteiger partial charge in [-0.1, -0.05) is 50.1 Å². The van der Waals surface area contributed by atoms with Gasteiger partial charge in [-0.3, -0.25) is 14.9 Å². The van der Waals surface area contributed by atoms with E-state index >= 15 is 0 Å². The summed E-state index contributed by atoms with van der Waals surface area (Å²) in [5.74, 6) is -1.17. The highest BCUT2D eigenvalue weighted by molar-refractivity contribution is 5.83. The van der Waals surface area contributed by atoms with Gasteiger partial charge in [-0.05, 0) is 18.9 Å². The first-order valence-corrected chi connectivity index (χ1v) is 7.37. The Balaban J connectivity index is 2.55. The van der Waals surface area contributed by atoms with Gasteiger partial charge >= 0.3 is 5.97 Å². The topological polar surface area (TPSA) is 78.4 Å². The molecule has 3 N–H and O–H groups in total. The highest BCUT2D eigenvalue weighted by Crippen LogP contribution is 2.13. The number of hydrogen-bond donors (Lipinski definition) is 3. The Kier molecular flexibility index (Phi) is 7.46. The van der Waals surface area contributed by atoms with E-state index in [4.69, 9.17) is 0 Å². The summed E-state index contributed by atoms with van der Waals surface area (Å²) in [7, 11) is 0. The number of unbranched alkanes of at least 4 members (excludes halogenated alkanes) is 2. The molecule has 0 aliphatic heterocycles. The van der Waals surface area contributed by atoms with Gasteiger partial charge in [-0.2, -0.15) is 0 Å². The Morgan fingerprint density at radius 2 is 1.86 bits per heavy atom. The molecule has 2 atom stereocenters. The zero-order chi connectivity index (χ0) is 15.7. The van der Waals surface area contributed by atoms with Crippen molar-refractivity contribution in [1.82, 2.24) is 10.6 Å². The zero-order valence-corrected chi connectivity index (χ0v) is 12.6. The molecule has 0 bridgehead atoms. The third kappa shape index (κ3) is 5.95. The number of rotatable bonds is 9. The molecule has 0 aliphatic rings. The number of carboxylic acids is 1. The molecule has 0 spiro atoms. The van der Waals surface area contributed by atoms with Gasteiger partial charge in [0.25, 0.3) is 0 Å². The van der Waals surface area contributed by atoms with Crippen molar-refractivity contribution >= 4 is 11.9 Å². The average Bonchev–Trinajstić information content (AvgIpc) is 2.49. The Bertz CT molecular complexity index is 448. The van der Waals surface area contributed by atoms with E-state index in [2.05, 4.69) is 17.6 Å². The van der Waals surface area contributed by atoms with Crippen molar-refractivity contribution < 1.29 is 14.7 Å². The van der Waals surface area contributed by atoms with E-state index in [1.165, 1.54) is 0 Å². The fourth-order valence-corrected chi connectivity index (χ4v) is 2.02. The maximum absolute atomic E-state index is 11.9. The lowest BCUT2D eigenvalue weighted by Gasteiger charge is -2.20. The van der Waals surface area contributed by atoms with E-state index in [1.807, 2.05) is 6.07 Å². The van der Waals surface area contributed by atoms with Crippen LogP contribution in [-0.4, -0.2) is 29.6 Å². The number of nitrogens with one attached hydrogen (secondary N) is 2. The van der Waals surface area contributed by atoms with E-state index in [0.717, 1.165) is 19.3 Å². The molecule has 5 nitrogen and oxygen atoms in total. The van der Waals surface area contributed by atoms with Crippen LogP contribution in [0.4, 0.5) is 0 Å². The Labute approximate surface area is 125 Å². The average molecular weight is 292 g/mol. The molecule has 0 saturated heterocycles. The first kappa shape index (κ1) is 17.2. The molecule has 21 heavy (non-hydrogen) atoms. The molecule has 0 aromatic heterocycles. The molecular formula is C16H24N2O3. The van der Waals surface area contributed by atoms with E-state index in [-0.39, 0.29) is 5.91 Å². The summed E-state index contributed by atoms with van der Waals surface area (Å²) in [6.45, 7) is 4.40. The fraction of sp³-hybridized carbons (Fsp3) is 0.500. The van der Waals surface area contributed by atoms with Gasteiger partial charge in [-0.25, -0.2) is 0 Å². The van der Waals surface area contributed by atoms with Crippen LogP contribution in [0.15, 0.2) is 30.3 Å². The van der Waals surface area contributed by atoms with Crippen LogP contribution >= 0.6 is 0 Å². The normalized spacial score (nSPS) is 13.4. The second kappa shape index (κ2) is 9.13. The molecule has 1 aromatic carbocycles. The monoisotopic (exact) mass is 292 g/mol. The number of hydrogen-bond acceptors (Lipinski definition) is 3. The van der Waals surface area contributed by atoms with E-state index in [9.17, 15) is 14.7 Å². The molecule has 116 valence electrons. The SMILES string of the molecule is CCCCCNC(=O)C(C)NC(C(=O)O)c1ccccc1. The number of aliphatic carboxylic acids is 1. The molecule has 1 aromatic rings. The van der Waals surface area contributed by atoms with Crippen molar-refractivity contribution in [2.24, 2.45) is 0 Å². The second-order valence-corrected chi connectivity index (χ2v) is 5.07. The minimum atomic E-state index is -0.994. The lowest BCUT2D eigenvalue weighted by Crippen LogP contribution is -2.45. The summed E-state index contributed by atoms with van der Waals surface area (Å²) in [6, 6.07) is 7.41. The Morgan fingerprint density at radius 3 is 2.43 bits per heavy atom. The van der Waals surface area contributed by atoms with Gasteiger partial charge in [0, 0.05) is 6.54 Å². The predicted octanol–water partition coefficient (Wildman–Crippen LogP) is 2.10. The van der Waals surface area contributed by atoms with Crippen LogP contribution in [0.25, 0.3) is 0 Å². The smallest absolute Gasteiger partial charge is 0.325 e. The molecule has 5 heteroatoms. The van der Waals surface area contributed by atoms with Crippen LogP contribution in [0.1, 0.15) is 44.7 Å². The van der Waals surface area contributed by atoms with Crippen molar-refractivity contribution in [2.45, 2.75) is 45.2 Å². The van der Waals surface area contributed by atoms with E-state index < -0.39 is 18.1 Å². The molecule has 1 amide bonds. The molecule has 0 fully saturated rings. The third-order valence-electron chi connectivity index (χ3n) is 3.27. The summed E-state index contributed by atoms with van der Waals surface area (Å²) < 4.78 is 0. The molecule has 0 aliphatic carbocycles. The molecule has 0 heterocycles. The molecule has 1 rings (SSSR count). The first-order valence-electron chi connectivity index (χ1n) is 7.37. The zero-order valence-electron chi connectivity index (χ0n) is 12.6. The number of amides is 1. The van der Waals surface area contributed by atoms with Crippen LogP contribution in [-0.2, 0) is 9.59 Å². The minimum absolute atomic E-state index is 0.173. The highest BCUT2D eigenvalue weighted by atomic mass is 16.4.